The second kappa shape index (κ2) is 5.66. The van der Waals surface area contributed by atoms with Crippen LogP contribution in [0.1, 0.15) is 32.6 Å². The van der Waals surface area contributed by atoms with Crippen LogP contribution in [0.5, 0.6) is 0 Å². The van der Waals surface area contributed by atoms with E-state index < -0.39 is 0 Å². The topological polar surface area (TPSA) is 56.5 Å². The largest absolute Gasteiger partial charge is 0.497 e. The van der Waals surface area contributed by atoms with Gasteiger partial charge < -0.3 is 9.47 Å². The van der Waals surface area contributed by atoms with Crippen molar-refractivity contribution in [1.82, 2.24) is 5.43 Å². The van der Waals surface area contributed by atoms with Gasteiger partial charge in [0.25, 0.3) is 0 Å². The second-order valence-electron chi connectivity index (χ2n) is 4.51. The Morgan fingerprint density at radius 3 is 3.06 bits per heavy atom. The highest BCUT2D eigenvalue weighted by Crippen LogP contribution is 2.30. The molecule has 3 atom stereocenters. The van der Waals surface area contributed by atoms with Crippen molar-refractivity contribution in [3.8, 4) is 0 Å². The van der Waals surface area contributed by atoms with Crippen LogP contribution in [0, 0.1) is 5.92 Å². The normalized spacial score (nSPS) is 32.0. The first-order chi connectivity index (χ1) is 7.86. The number of hydrogen-bond acceptors (Lipinski definition) is 4. The average Bonchev–Trinajstić information content (AvgIpc) is 2.80. The molecule has 0 aromatic rings. The fourth-order valence-corrected chi connectivity index (χ4v) is 2.68. The number of allylic oxidation sites excluding steroid dienone is 1. The molecule has 4 heteroatoms. The van der Waals surface area contributed by atoms with Crippen LogP contribution in [-0.2, 0) is 9.47 Å². The van der Waals surface area contributed by atoms with E-state index in [1.165, 1.54) is 0 Å². The van der Waals surface area contributed by atoms with Gasteiger partial charge in [0.05, 0.1) is 18.8 Å². The summed E-state index contributed by atoms with van der Waals surface area (Å²) < 4.78 is 11.4. The van der Waals surface area contributed by atoms with Crippen molar-refractivity contribution in [3.05, 3.63) is 11.8 Å². The Bertz CT molecular complexity index is 255. The van der Waals surface area contributed by atoms with Crippen molar-refractivity contribution in [2.45, 2.75) is 44.8 Å². The number of nitrogens with two attached hydrogens (primary N) is 1. The SMILES string of the molecule is CCC1OCCC1C(NN)C1=CCCCO1. The number of nitrogens with one attached hydrogen (secondary N) is 1. The maximum Gasteiger partial charge on any atom is 0.111 e. The lowest BCUT2D eigenvalue weighted by Gasteiger charge is -2.30. The molecule has 0 saturated carbocycles. The van der Waals surface area contributed by atoms with Gasteiger partial charge in [0.15, 0.2) is 0 Å². The van der Waals surface area contributed by atoms with Crippen LogP contribution in [0.25, 0.3) is 0 Å². The minimum absolute atomic E-state index is 0.118. The van der Waals surface area contributed by atoms with Crippen LogP contribution in [0.15, 0.2) is 11.8 Å². The number of hydrogen-bond donors (Lipinski definition) is 2. The first-order valence-electron chi connectivity index (χ1n) is 6.27. The van der Waals surface area contributed by atoms with Crippen molar-refractivity contribution in [2.24, 2.45) is 11.8 Å². The highest BCUT2D eigenvalue weighted by Gasteiger charge is 2.36. The molecule has 0 spiro atoms. The smallest absolute Gasteiger partial charge is 0.111 e. The summed E-state index contributed by atoms with van der Waals surface area (Å²) >= 11 is 0. The highest BCUT2D eigenvalue weighted by molar-refractivity contribution is 5.09. The lowest BCUT2D eigenvalue weighted by atomic mass is 9.89. The van der Waals surface area contributed by atoms with E-state index >= 15 is 0 Å². The summed E-state index contributed by atoms with van der Waals surface area (Å²) in [4.78, 5) is 0. The lowest BCUT2D eigenvalue weighted by molar-refractivity contribution is 0.0686. The van der Waals surface area contributed by atoms with E-state index in [2.05, 4.69) is 18.4 Å². The van der Waals surface area contributed by atoms with E-state index in [0.29, 0.717) is 12.0 Å². The predicted octanol–water partition coefficient (Wildman–Crippen LogP) is 1.33. The highest BCUT2D eigenvalue weighted by atomic mass is 16.5. The van der Waals surface area contributed by atoms with Gasteiger partial charge in [0.1, 0.15) is 5.76 Å². The molecule has 1 fully saturated rings. The van der Waals surface area contributed by atoms with Gasteiger partial charge in [-0.2, -0.15) is 0 Å². The molecule has 0 radical (unpaired) electrons. The van der Waals surface area contributed by atoms with Crippen LogP contribution in [0.4, 0.5) is 0 Å². The zero-order chi connectivity index (χ0) is 11.4. The van der Waals surface area contributed by atoms with Gasteiger partial charge >= 0.3 is 0 Å². The van der Waals surface area contributed by atoms with E-state index in [0.717, 1.165) is 44.7 Å². The maximum absolute atomic E-state index is 5.71. The Morgan fingerprint density at radius 1 is 1.56 bits per heavy atom. The molecule has 2 rings (SSSR count). The molecule has 92 valence electrons. The Morgan fingerprint density at radius 2 is 2.44 bits per heavy atom. The van der Waals surface area contributed by atoms with Crippen LogP contribution in [-0.4, -0.2) is 25.4 Å². The molecule has 0 amide bonds. The molecule has 1 saturated heterocycles. The summed E-state index contributed by atoms with van der Waals surface area (Å²) in [6, 6.07) is 0.118. The van der Waals surface area contributed by atoms with Crippen LogP contribution in [0.2, 0.25) is 0 Å². The number of ether oxygens (including phenoxy) is 2. The van der Waals surface area contributed by atoms with Gasteiger partial charge in [-0.15, -0.1) is 0 Å². The van der Waals surface area contributed by atoms with E-state index in [1.807, 2.05) is 0 Å². The Kier molecular flexibility index (Phi) is 4.21. The third-order valence-corrected chi connectivity index (χ3v) is 3.54. The predicted molar refractivity (Wildman–Crippen MR) is 62.5 cm³/mol. The molecule has 0 aromatic heterocycles. The summed E-state index contributed by atoms with van der Waals surface area (Å²) in [6.45, 7) is 3.82. The summed E-state index contributed by atoms with van der Waals surface area (Å²) in [5.41, 5.74) is 2.90. The summed E-state index contributed by atoms with van der Waals surface area (Å²) in [5.74, 6) is 7.13. The van der Waals surface area contributed by atoms with Gasteiger partial charge in [0, 0.05) is 12.5 Å². The molecule has 3 unspecified atom stereocenters. The first-order valence-corrected chi connectivity index (χ1v) is 6.27. The quantitative estimate of drug-likeness (QED) is 0.561. The third-order valence-electron chi connectivity index (χ3n) is 3.54. The van der Waals surface area contributed by atoms with Gasteiger partial charge in [-0.25, -0.2) is 5.43 Å². The summed E-state index contributed by atoms with van der Waals surface area (Å²) in [7, 11) is 0. The van der Waals surface area contributed by atoms with Gasteiger partial charge in [-0.1, -0.05) is 6.92 Å². The summed E-state index contributed by atoms with van der Waals surface area (Å²) in [6.07, 6.45) is 6.79. The monoisotopic (exact) mass is 226 g/mol. The average molecular weight is 226 g/mol. The van der Waals surface area contributed by atoms with Gasteiger partial charge in [0.2, 0.25) is 0 Å². The second-order valence-corrected chi connectivity index (χ2v) is 4.51. The molecule has 3 N–H and O–H groups in total. The number of rotatable bonds is 4. The molecule has 0 bridgehead atoms. The Labute approximate surface area is 97.1 Å². The number of hydrazine groups is 1. The fourth-order valence-electron chi connectivity index (χ4n) is 2.68. The molecule has 2 aliphatic rings. The summed E-state index contributed by atoms with van der Waals surface area (Å²) in [5, 5.41) is 0. The van der Waals surface area contributed by atoms with Crippen molar-refractivity contribution < 1.29 is 9.47 Å². The van der Waals surface area contributed by atoms with Crippen molar-refractivity contribution in [2.75, 3.05) is 13.2 Å². The van der Waals surface area contributed by atoms with Crippen LogP contribution >= 0.6 is 0 Å². The lowest BCUT2D eigenvalue weighted by Crippen LogP contribution is -2.46. The van der Waals surface area contributed by atoms with Gasteiger partial charge in [-0.3, -0.25) is 5.84 Å². The van der Waals surface area contributed by atoms with Crippen molar-refractivity contribution in [1.29, 1.82) is 0 Å². The standard InChI is InChI=1S/C12H22N2O2/c1-2-10-9(6-8-16-10)12(14-13)11-5-3-4-7-15-11/h5,9-10,12,14H,2-4,6-8,13H2,1H3. The molecular formula is C12H22N2O2. The molecule has 2 aliphatic heterocycles. The molecule has 0 aromatic carbocycles. The van der Waals surface area contributed by atoms with Crippen LogP contribution in [0.3, 0.4) is 0 Å². The third kappa shape index (κ3) is 2.39. The molecule has 4 nitrogen and oxygen atoms in total. The molecule has 2 heterocycles. The minimum Gasteiger partial charge on any atom is -0.497 e. The van der Waals surface area contributed by atoms with Crippen molar-refractivity contribution >= 4 is 0 Å². The van der Waals surface area contributed by atoms with E-state index in [1.54, 1.807) is 0 Å². The van der Waals surface area contributed by atoms with Crippen LogP contribution < -0.4 is 11.3 Å². The minimum atomic E-state index is 0.118. The fraction of sp³-hybridized carbons (Fsp3) is 0.833. The molecule has 16 heavy (non-hydrogen) atoms. The Balaban J connectivity index is 2.05. The zero-order valence-electron chi connectivity index (χ0n) is 9.95. The van der Waals surface area contributed by atoms with Crippen molar-refractivity contribution in [3.63, 3.8) is 0 Å². The van der Waals surface area contributed by atoms with E-state index in [4.69, 9.17) is 15.3 Å². The van der Waals surface area contributed by atoms with E-state index in [-0.39, 0.29) is 6.04 Å². The zero-order valence-corrected chi connectivity index (χ0v) is 9.95. The van der Waals surface area contributed by atoms with Gasteiger partial charge in [-0.05, 0) is 31.8 Å². The Hall–Kier alpha value is -0.580. The van der Waals surface area contributed by atoms with E-state index in [9.17, 15) is 0 Å². The first kappa shape index (κ1) is 11.9. The maximum atomic E-state index is 5.71. The molecular weight excluding hydrogens is 204 g/mol. The molecule has 0 aliphatic carbocycles.